The Labute approximate surface area is 194 Å². The average molecular weight is 467 g/mol. The summed E-state index contributed by atoms with van der Waals surface area (Å²) in [6.07, 6.45) is 7.28. The number of phenolic OH excluding ortho intramolecular Hbond substituents is 1. The summed E-state index contributed by atoms with van der Waals surface area (Å²) < 4.78 is 14.2. The molecule has 0 radical (unpaired) electrons. The van der Waals surface area contributed by atoms with Gasteiger partial charge in [-0.15, -0.1) is 0 Å². The van der Waals surface area contributed by atoms with Gasteiger partial charge in [-0.1, -0.05) is 28.6 Å². The predicted molar refractivity (Wildman–Crippen MR) is 127 cm³/mol. The first kappa shape index (κ1) is 21.4. The summed E-state index contributed by atoms with van der Waals surface area (Å²) in [7, 11) is 0. The molecule has 0 unspecified atom stereocenters. The number of nitrogens with one attached hydrogen (secondary N) is 1. The molecule has 3 aromatic rings. The van der Waals surface area contributed by atoms with Crippen LogP contribution in [0.4, 0.5) is 15.2 Å². The van der Waals surface area contributed by atoms with Gasteiger partial charge in [0.25, 0.3) is 5.91 Å². The molecule has 1 saturated carbocycles. The second-order valence-electron chi connectivity index (χ2n) is 8.16. The molecule has 1 aromatic heterocycles. The van der Waals surface area contributed by atoms with Crippen molar-refractivity contribution >= 4 is 34.3 Å². The highest BCUT2D eigenvalue weighted by molar-refractivity contribution is 7.19. The van der Waals surface area contributed by atoms with Crippen LogP contribution < -0.4 is 10.2 Å². The van der Waals surface area contributed by atoms with Crippen molar-refractivity contribution in [2.75, 3.05) is 23.3 Å². The van der Waals surface area contributed by atoms with E-state index in [2.05, 4.69) is 32.5 Å². The molecule has 1 aliphatic carbocycles. The molecule has 2 aromatic carbocycles. The van der Waals surface area contributed by atoms with Crippen LogP contribution in [0, 0.1) is 5.82 Å². The van der Waals surface area contributed by atoms with Crippen LogP contribution in [-0.2, 0) is 4.84 Å². The Morgan fingerprint density at radius 3 is 2.88 bits per heavy atom. The quantitative estimate of drug-likeness (QED) is 0.377. The van der Waals surface area contributed by atoms with E-state index in [0.717, 1.165) is 42.4 Å². The summed E-state index contributed by atoms with van der Waals surface area (Å²) in [6, 6.07) is 10.6. The van der Waals surface area contributed by atoms with Gasteiger partial charge < -0.3 is 14.8 Å². The van der Waals surface area contributed by atoms with Crippen LogP contribution >= 0.6 is 11.3 Å². The van der Waals surface area contributed by atoms with Crippen LogP contribution in [0.15, 0.2) is 47.8 Å². The molecule has 9 heteroatoms. The number of nitrogens with zero attached hydrogens (tertiary/aromatic N) is 3. The standard InChI is InChI=1S/C24H23FN4O3S/c25-20-12-16(10-17(22(20)30)13-27-32-19-6-7-19)23(31)28-24-26-14-21(33-24)15-4-3-5-18(11-15)29-8-1-2-9-29/h3-5,10-14,19,30H,1-2,6-9H2,(H,26,28,31). The zero-order valence-electron chi connectivity index (χ0n) is 17.8. The molecule has 33 heavy (non-hydrogen) atoms. The van der Waals surface area contributed by atoms with E-state index in [1.807, 2.05) is 12.1 Å². The van der Waals surface area contributed by atoms with E-state index < -0.39 is 17.5 Å². The largest absolute Gasteiger partial charge is 0.504 e. The van der Waals surface area contributed by atoms with Crippen molar-refractivity contribution in [3.63, 3.8) is 0 Å². The van der Waals surface area contributed by atoms with Crippen molar-refractivity contribution in [2.45, 2.75) is 31.8 Å². The van der Waals surface area contributed by atoms with Gasteiger partial charge in [0.1, 0.15) is 6.10 Å². The second kappa shape index (κ2) is 9.19. The Morgan fingerprint density at radius 1 is 1.27 bits per heavy atom. The number of amides is 1. The minimum absolute atomic E-state index is 0.0472. The summed E-state index contributed by atoms with van der Waals surface area (Å²) in [5, 5.41) is 16.8. The van der Waals surface area contributed by atoms with Gasteiger partial charge >= 0.3 is 0 Å². The lowest BCUT2D eigenvalue weighted by Crippen LogP contribution is -2.17. The number of hydrogen-bond acceptors (Lipinski definition) is 7. The molecule has 2 N–H and O–H groups in total. The van der Waals surface area contributed by atoms with E-state index in [4.69, 9.17) is 4.84 Å². The van der Waals surface area contributed by atoms with Gasteiger partial charge in [-0.25, -0.2) is 9.37 Å². The van der Waals surface area contributed by atoms with Crippen LogP contribution in [0.5, 0.6) is 5.75 Å². The van der Waals surface area contributed by atoms with Gasteiger partial charge in [0.2, 0.25) is 0 Å². The van der Waals surface area contributed by atoms with E-state index >= 15 is 0 Å². The van der Waals surface area contributed by atoms with Gasteiger partial charge in [0.05, 0.1) is 11.1 Å². The van der Waals surface area contributed by atoms with Crippen molar-refractivity contribution in [2.24, 2.45) is 5.16 Å². The fraction of sp³-hybridized carbons (Fsp3) is 0.292. The van der Waals surface area contributed by atoms with Crippen molar-refractivity contribution < 1.29 is 19.1 Å². The molecule has 2 aliphatic rings. The molecular weight excluding hydrogens is 443 g/mol. The molecule has 170 valence electrons. The molecule has 1 amide bonds. The summed E-state index contributed by atoms with van der Waals surface area (Å²) in [5.74, 6) is -2.02. The van der Waals surface area contributed by atoms with E-state index in [-0.39, 0.29) is 17.2 Å². The summed E-state index contributed by atoms with van der Waals surface area (Å²) >= 11 is 1.34. The number of aromatic nitrogens is 1. The number of carbonyl (C=O) groups excluding carboxylic acids is 1. The minimum Gasteiger partial charge on any atom is -0.504 e. The predicted octanol–water partition coefficient (Wildman–Crippen LogP) is 5.02. The highest BCUT2D eigenvalue weighted by Gasteiger charge is 2.23. The molecule has 2 heterocycles. The molecule has 0 atom stereocenters. The lowest BCUT2D eigenvalue weighted by atomic mass is 10.1. The molecule has 0 spiro atoms. The maximum Gasteiger partial charge on any atom is 0.257 e. The van der Waals surface area contributed by atoms with E-state index in [9.17, 15) is 14.3 Å². The molecule has 2 fully saturated rings. The first-order valence-corrected chi connectivity index (χ1v) is 11.7. The van der Waals surface area contributed by atoms with Gasteiger partial charge in [-0.3, -0.25) is 10.1 Å². The minimum atomic E-state index is -0.908. The molecule has 5 rings (SSSR count). The highest BCUT2D eigenvalue weighted by atomic mass is 32.1. The molecule has 0 bridgehead atoms. The average Bonchev–Trinajstić information content (AvgIpc) is 3.27. The molecule has 1 aliphatic heterocycles. The van der Waals surface area contributed by atoms with E-state index in [0.29, 0.717) is 5.13 Å². The topological polar surface area (TPSA) is 87.1 Å². The number of benzene rings is 2. The van der Waals surface area contributed by atoms with Crippen molar-refractivity contribution in [3.05, 3.63) is 59.5 Å². The number of carbonyl (C=O) groups is 1. The fourth-order valence-electron chi connectivity index (χ4n) is 3.66. The number of hydrogen-bond donors (Lipinski definition) is 2. The first-order valence-electron chi connectivity index (χ1n) is 10.9. The van der Waals surface area contributed by atoms with E-state index in [1.165, 1.54) is 42.1 Å². The Morgan fingerprint density at radius 2 is 2.09 bits per heavy atom. The number of halogens is 1. The number of aromatic hydroxyl groups is 1. The fourth-order valence-corrected chi connectivity index (χ4v) is 4.47. The number of thiazole rings is 1. The monoisotopic (exact) mass is 466 g/mol. The summed E-state index contributed by atoms with van der Waals surface area (Å²) in [5.41, 5.74) is 2.33. The number of oxime groups is 1. The zero-order chi connectivity index (χ0) is 22.8. The third-order valence-corrected chi connectivity index (χ3v) is 6.57. The smallest absolute Gasteiger partial charge is 0.257 e. The molecule has 1 saturated heterocycles. The third-order valence-electron chi connectivity index (χ3n) is 5.61. The van der Waals surface area contributed by atoms with Crippen LogP contribution in [0.25, 0.3) is 10.4 Å². The van der Waals surface area contributed by atoms with Gasteiger partial charge in [-0.2, -0.15) is 0 Å². The number of phenols is 1. The molecular formula is C24H23FN4O3S. The number of anilines is 2. The van der Waals surface area contributed by atoms with Crippen LogP contribution in [-0.4, -0.2) is 41.4 Å². The van der Waals surface area contributed by atoms with Gasteiger partial charge in [-0.05, 0) is 55.5 Å². The Balaban J connectivity index is 1.30. The lowest BCUT2D eigenvalue weighted by molar-refractivity contribution is 0.102. The highest BCUT2D eigenvalue weighted by Crippen LogP contribution is 2.33. The molecule has 7 nitrogen and oxygen atoms in total. The number of rotatable bonds is 7. The Kier molecular flexibility index (Phi) is 5.95. The Hall–Kier alpha value is -3.46. The van der Waals surface area contributed by atoms with Crippen molar-refractivity contribution in [1.29, 1.82) is 0 Å². The van der Waals surface area contributed by atoms with Crippen molar-refractivity contribution in [1.82, 2.24) is 4.98 Å². The lowest BCUT2D eigenvalue weighted by Gasteiger charge is -2.18. The maximum atomic E-state index is 14.2. The SMILES string of the molecule is O=C(Nc1ncc(-c2cccc(N3CCCC3)c2)s1)c1cc(F)c(O)c(C=NOC2CC2)c1. The maximum absolute atomic E-state index is 14.2. The summed E-state index contributed by atoms with van der Waals surface area (Å²) in [4.78, 5) is 25.5. The van der Waals surface area contributed by atoms with Gasteiger partial charge in [0, 0.05) is 36.1 Å². The zero-order valence-corrected chi connectivity index (χ0v) is 18.6. The summed E-state index contributed by atoms with van der Waals surface area (Å²) in [6.45, 7) is 2.13. The van der Waals surface area contributed by atoms with Crippen LogP contribution in [0.2, 0.25) is 0 Å². The van der Waals surface area contributed by atoms with Crippen LogP contribution in [0.3, 0.4) is 0 Å². The third kappa shape index (κ3) is 4.98. The normalized spacial score (nSPS) is 15.8. The van der Waals surface area contributed by atoms with Crippen molar-refractivity contribution in [3.8, 4) is 16.2 Å². The first-order chi connectivity index (χ1) is 16.1. The Bertz CT molecular complexity index is 1200. The van der Waals surface area contributed by atoms with E-state index in [1.54, 1.807) is 6.20 Å². The van der Waals surface area contributed by atoms with Crippen LogP contribution in [0.1, 0.15) is 41.6 Å². The second-order valence-corrected chi connectivity index (χ2v) is 9.19. The van der Waals surface area contributed by atoms with Gasteiger partial charge in [0.15, 0.2) is 16.7 Å².